The van der Waals surface area contributed by atoms with Gasteiger partial charge in [-0.05, 0) is 6.42 Å². The fraction of sp³-hybridized carbons (Fsp3) is 0.300. The summed E-state index contributed by atoms with van der Waals surface area (Å²) >= 11 is 3.62. The van der Waals surface area contributed by atoms with E-state index in [-0.39, 0.29) is 9.88 Å². The second-order valence-corrected chi connectivity index (χ2v) is 5.24. The second-order valence-electron chi connectivity index (χ2n) is 3.66. The van der Waals surface area contributed by atoms with Crippen LogP contribution in [-0.2, 0) is 6.54 Å². The van der Waals surface area contributed by atoms with Crippen molar-refractivity contribution in [3.63, 3.8) is 0 Å². The molecular formula is C10H12BrN3O. The van der Waals surface area contributed by atoms with Crippen LogP contribution in [0.3, 0.4) is 0 Å². The molecule has 0 radical (unpaired) electrons. The maximum atomic E-state index is 11.4. The molecule has 0 aliphatic heterocycles. The molecule has 1 aliphatic rings. The van der Waals surface area contributed by atoms with Crippen LogP contribution in [0.15, 0.2) is 35.2 Å². The molecule has 0 amide bonds. The van der Waals surface area contributed by atoms with Crippen molar-refractivity contribution in [2.45, 2.75) is 17.3 Å². The Morgan fingerprint density at radius 1 is 1.60 bits per heavy atom. The van der Waals surface area contributed by atoms with E-state index in [1.165, 1.54) is 10.7 Å². The third kappa shape index (κ3) is 2.23. The molecule has 0 saturated carbocycles. The second kappa shape index (κ2) is 3.73. The Morgan fingerprint density at radius 2 is 2.40 bits per heavy atom. The number of nitrogens with two attached hydrogens (primary N) is 1. The summed E-state index contributed by atoms with van der Waals surface area (Å²) in [4.78, 5) is 11.4. The fourth-order valence-electron chi connectivity index (χ4n) is 1.59. The predicted octanol–water partition coefficient (Wildman–Crippen LogP) is 1.41. The van der Waals surface area contributed by atoms with Gasteiger partial charge in [0.1, 0.15) is 5.82 Å². The Hall–Kier alpha value is -1.23. The zero-order valence-corrected chi connectivity index (χ0v) is 9.70. The number of halogens is 1. The van der Waals surface area contributed by atoms with Crippen LogP contribution in [0.4, 0.5) is 5.82 Å². The highest BCUT2D eigenvalue weighted by molar-refractivity contribution is 9.10. The molecule has 0 fully saturated rings. The van der Waals surface area contributed by atoms with E-state index in [1.807, 2.05) is 18.2 Å². The van der Waals surface area contributed by atoms with E-state index in [4.69, 9.17) is 5.73 Å². The van der Waals surface area contributed by atoms with E-state index >= 15 is 0 Å². The van der Waals surface area contributed by atoms with Crippen LogP contribution >= 0.6 is 15.9 Å². The minimum atomic E-state index is -0.192. The van der Waals surface area contributed by atoms with E-state index in [0.29, 0.717) is 12.4 Å². The van der Waals surface area contributed by atoms with Crippen molar-refractivity contribution in [1.29, 1.82) is 0 Å². The number of allylic oxidation sites excluding steroid dienone is 4. The monoisotopic (exact) mass is 269 g/mol. The number of aromatic nitrogens is 2. The topological polar surface area (TPSA) is 63.8 Å². The number of aromatic amines is 1. The lowest BCUT2D eigenvalue weighted by Crippen LogP contribution is -2.30. The van der Waals surface area contributed by atoms with Gasteiger partial charge in [0, 0.05) is 6.07 Å². The van der Waals surface area contributed by atoms with Gasteiger partial charge in [-0.3, -0.25) is 9.89 Å². The van der Waals surface area contributed by atoms with Gasteiger partial charge in [0.05, 0.1) is 10.9 Å². The summed E-state index contributed by atoms with van der Waals surface area (Å²) in [5.74, 6) is 0.395. The van der Waals surface area contributed by atoms with Gasteiger partial charge in [0.25, 0.3) is 5.56 Å². The average Bonchev–Trinajstić information content (AvgIpc) is 2.45. The first-order chi connectivity index (χ1) is 7.09. The van der Waals surface area contributed by atoms with Crippen molar-refractivity contribution in [3.8, 4) is 0 Å². The molecule has 0 aromatic carbocycles. The first kappa shape index (κ1) is 10.3. The Kier molecular flexibility index (Phi) is 2.56. The highest BCUT2D eigenvalue weighted by Gasteiger charge is 2.24. The molecule has 0 bridgehead atoms. The summed E-state index contributed by atoms with van der Waals surface area (Å²) in [7, 11) is 0. The van der Waals surface area contributed by atoms with E-state index < -0.39 is 0 Å². The van der Waals surface area contributed by atoms with Gasteiger partial charge in [0.2, 0.25) is 0 Å². The minimum Gasteiger partial charge on any atom is -0.384 e. The summed E-state index contributed by atoms with van der Waals surface area (Å²) in [5.41, 5.74) is 5.40. The smallest absolute Gasteiger partial charge is 0.268 e. The lowest BCUT2D eigenvalue weighted by atomic mass is 10.0. The molecule has 0 saturated heterocycles. The van der Waals surface area contributed by atoms with E-state index in [2.05, 4.69) is 27.1 Å². The van der Waals surface area contributed by atoms with Crippen LogP contribution in [-0.4, -0.2) is 14.1 Å². The number of nitrogen functional groups attached to an aromatic ring is 1. The molecule has 2 rings (SSSR count). The average molecular weight is 270 g/mol. The Labute approximate surface area is 95.6 Å². The highest BCUT2D eigenvalue weighted by Crippen LogP contribution is 2.29. The van der Waals surface area contributed by atoms with Crippen LogP contribution in [0.5, 0.6) is 0 Å². The molecule has 1 heterocycles. The SMILES string of the molecule is Nc1cc(=O)n(CC2(Br)C=CC=CC2)[nH]1. The molecule has 15 heavy (non-hydrogen) atoms. The quantitative estimate of drug-likeness (QED) is 0.798. The molecule has 1 aliphatic carbocycles. The third-order valence-corrected chi connectivity index (χ3v) is 3.17. The molecule has 1 atom stereocenters. The van der Waals surface area contributed by atoms with Crippen molar-refractivity contribution in [3.05, 3.63) is 40.7 Å². The number of anilines is 1. The number of H-pyrrole nitrogens is 1. The van der Waals surface area contributed by atoms with Crippen LogP contribution in [0.1, 0.15) is 6.42 Å². The maximum absolute atomic E-state index is 11.4. The highest BCUT2D eigenvalue weighted by atomic mass is 79.9. The normalized spacial score (nSPS) is 24.6. The molecule has 80 valence electrons. The number of alkyl halides is 1. The summed E-state index contributed by atoms with van der Waals surface area (Å²) in [5, 5.41) is 2.81. The number of rotatable bonds is 2. The molecular weight excluding hydrogens is 258 g/mol. The van der Waals surface area contributed by atoms with Gasteiger partial charge in [0.15, 0.2) is 0 Å². The maximum Gasteiger partial charge on any atom is 0.268 e. The molecule has 1 aromatic heterocycles. The summed E-state index contributed by atoms with van der Waals surface area (Å²) < 4.78 is 1.32. The number of nitrogens with one attached hydrogen (secondary N) is 1. The number of hydrogen-bond acceptors (Lipinski definition) is 2. The van der Waals surface area contributed by atoms with Gasteiger partial charge < -0.3 is 5.73 Å². The first-order valence-corrected chi connectivity index (χ1v) is 5.47. The molecule has 4 nitrogen and oxygen atoms in total. The zero-order chi connectivity index (χ0) is 10.9. The van der Waals surface area contributed by atoms with Crippen LogP contribution in [0.25, 0.3) is 0 Å². The molecule has 1 unspecified atom stereocenters. The largest absolute Gasteiger partial charge is 0.384 e. The molecule has 3 N–H and O–H groups in total. The van der Waals surface area contributed by atoms with Crippen molar-refractivity contribution < 1.29 is 0 Å². The van der Waals surface area contributed by atoms with Crippen molar-refractivity contribution >= 4 is 21.7 Å². The first-order valence-electron chi connectivity index (χ1n) is 4.68. The predicted molar refractivity (Wildman–Crippen MR) is 64.0 cm³/mol. The van der Waals surface area contributed by atoms with Gasteiger partial charge in [-0.15, -0.1) is 0 Å². The van der Waals surface area contributed by atoms with Crippen molar-refractivity contribution in [2.24, 2.45) is 0 Å². The molecule has 0 spiro atoms. The van der Waals surface area contributed by atoms with Gasteiger partial charge in [-0.25, -0.2) is 4.68 Å². The van der Waals surface area contributed by atoms with Gasteiger partial charge in [-0.2, -0.15) is 0 Å². The van der Waals surface area contributed by atoms with E-state index in [9.17, 15) is 4.79 Å². The summed E-state index contributed by atoms with van der Waals surface area (Å²) in [6.45, 7) is 0.546. The number of hydrogen-bond donors (Lipinski definition) is 2. The van der Waals surface area contributed by atoms with Crippen LogP contribution in [0, 0.1) is 0 Å². The lowest BCUT2D eigenvalue weighted by Gasteiger charge is -2.24. The zero-order valence-electron chi connectivity index (χ0n) is 8.11. The van der Waals surface area contributed by atoms with E-state index in [0.717, 1.165) is 6.42 Å². The number of nitrogens with zero attached hydrogens (tertiary/aromatic N) is 1. The summed E-state index contributed by atoms with van der Waals surface area (Å²) in [6.07, 6.45) is 8.92. The third-order valence-electron chi connectivity index (χ3n) is 2.33. The van der Waals surface area contributed by atoms with Crippen molar-refractivity contribution in [2.75, 3.05) is 5.73 Å². The minimum absolute atomic E-state index is 0.103. The van der Waals surface area contributed by atoms with Gasteiger partial charge in [-0.1, -0.05) is 40.2 Å². The Balaban J connectivity index is 2.22. The fourth-order valence-corrected chi connectivity index (χ4v) is 2.18. The molecule has 5 heteroatoms. The Morgan fingerprint density at radius 3 is 2.93 bits per heavy atom. The van der Waals surface area contributed by atoms with Crippen LogP contribution < -0.4 is 11.3 Å². The van der Waals surface area contributed by atoms with Crippen molar-refractivity contribution in [1.82, 2.24) is 9.78 Å². The van der Waals surface area contributed by atoms with Crippen LogP contribution in [0.2, 0.25) is 0 Å². The van der Waals surface area contributed by atoms with E-state index in [1.54, 1.807) is 0 Å². The van der Waals surface area contributed by atoms with Gasteiger partial charge >= 0.3 is 0 Å². The molecule has 1 aromatic rings. The Bertz CT molecular complexity index is 471. The standard InChI is InChI=1S/C10H12BrN3O/c11-10(4-2-1-3-5-10)7-14-9(15)6-8(12)13-14/h1-4,6,13H,5,7,12H2. The summed E-state index contributed by atoms with van der Waals surface area (Å²) in [6, 6.07) is 1.39. The lowest BCUT2D eigenvalue weighted by molar-refractivity contribution is 0.523.